The lowest BCUT2D eigenvalue weighted by Crippen LogP contribution is -2.43. The second kappa shape index (κ2) is 10.5. The average Bonchev–Trinajstić information content (AvgIpc) is 2.92. The van der Waals surface area contributed by atoms with Crippen LogP contribution in [0.4, 0.5) is 4.79 Å². The zero-order valence-corrected chi connectivity index (χ0v) is 18.8. The Kier molecular flexibility index (Phi) is 9.01. The average molecular weight is 487 g/mol. The number of amides is 3. The number of nitrogens with one attached hydrogen (secondary N) is 3. The molecule has 0 atom stereocenters. The lowest BCUT2D eigenvalue weighted by molar-refractivity contribution is -0.124. The highest BCUT2D eigenvalue weighted by Gasteiger charge is 2.27. The Morgan fingerprint density at radius 2 is 1.78 bits per heavy atom. The summed E-state index contributed by atoms with van der Waals surface area (Å²) in [4.78, 5) is 28.3. The molecule has 0 aliphatic carbocycles. The van der Waals surface area contributed by atoms with Crippen LogP contribution in [0.5, 0.6) is 0 Å². The molecule has 0 aromatic heterocycles. The Morgan fingerprint density at radius 3 is 2.30 bits per heavy atom. The van der Waals surface area contributed by atoms with Crippen molar-refractivity contribution in [2.75, 3.05) is 33.2 Å². The molecule has 27 heavy (non-hydrogen) atoms. The minimum atomic E-state index is -0.335. The topological polar surface area (TPSA) is 85.8 Å². The molecule has 1 aliphatic rings. The largest absolute Gasteiger partial charge is 0.356 e. The van der Waals surface area contributed by atoms with Gasteiger partial charge in [-0.3, -0.25) is 14.7 Å². The van der Waals surface area contributed by atoms with E-state index in [0.29, 0.717) is 19.0 Å². The molecule has 2 rings (SSSR count). The summed E-state index contributed by atoms with van der Waals surface area (Å²) in [5.41, 5.74) is 2.75. The Labute approximate surface area is 178 Å². The number of nitrogens with zero attached hydrogens (tertiary/aromatic N) is 2. The third kappa shape index (κ3) is 7.00. The molecule has 0 unspecified atom stereocenters. The normalized spacial score (nSPS) is 14.7. The van der Waals surface area contributed by atoms with Crippen LogP contribution in [0.2, 0.25) is 0 Å². The van der Waals surface area contributed by atoms with Gasteiger partial charge in [0.2, 0.25) is 5.91 Å². The molecule has 3 N–H and O–H groups in total. The predicted octanol–water partition coefficient (Wildman–Crippen LogP) is 1.86. The van der Waals surface area contributed by atoms with Crippen molar-refractivity contribution in [1.82, 2.24) is 20.9 Å². The summed E-state index contributed by atoms with van der Waals surface area (Å²) in [6, 6.07) is 8.35. The van der Waals surface area contributed by atoms with Crippen molar-refractivity contribution in [3.05, 3.63) is 35.4 Å². The van der Waals surface area contributed by atoms with Gasteiger partial charge in [0.15, 0.2) is 5.96 Å². The maximum atomic E-state index is 11.5. The molecule has 150 valence electrons. The molecule has 1 saturated heterocycles. The zero-order chi connectivity index (χ0) is 19.2. The first-order valence-electron chi connectivity index (χ1n) is 8.93. The molecular formula is C19H30IN5O2. The van der Waals surface area contributed by atoms with Crippen molar-refractivity contribution in [2.45, 2.75) is 32.6 Å². The van der Waals surface area contributed by atoms with Gasteiger partial charge in [-0.05, 0) is 23.0 Å². The first-order chi connectivity index (χ1) is 12.3. The lowest BCUT2D eigenvalue weighted by atomic mass is 9.86. The van der Waals surface area contributed by atoms with Gasteiger partial charge >= 0.3 is 6.03 Å². The number of urea groups is 1. The molecule has 1 aliphatic heterocycles. The quantitative estimate of drug-likeness (QED) is 0.248. The third-order valence-electron chi connectivity index (χ3n) is 4.31. The molecule has 8 heteroatoms. The van der Waals surface area contributed by atoms with Gasteiger partial charge in [0, 0.05) is 26.7 Å². The molecular weight excluding hydrogens is 457 g/mol. The SMILES string of the molecule is CN=C(NCCc1ccc(C(C)(C)C)cc1)NCCN1C(=O)CNC1=O.I. The molecule has 1 heterocycles. The van der Waals surface area contributed by atoms with Crippen LogP contribution in [-0.4, -0.2) is 56.0 Å². The number of halogens is 1. The van der Waals surface area contributed by atoms with E-state index >= 15 is 0 Å². The Hall–Kier alpha value is -1.84. The Balaban J connectivity index is 0.00000364. The number of rotatable bonds is 6. The van der Waals surface area contributed by atoms with E-state index in [1.54, 1.807) is 7.05 Å². The Bertz CT molecular complexity index is 652. The van der Waals surface area contributed by atoms with Crippen LogP contribution in [0, 0.1) is 0 Å². The zero-order valence-electron chi connectivity index (χ0n) is 16.5. The van der Waals surface area contributed by atoms with Gasteiger partial charge in [-0.2, -0.15) is 0 Å². The second-order valence-electron chi connectivity index (χ2n) is 7.33. The van der Waals surface area contributed by atoms with E-state index in [0.717, 1.165) is 13.0 Å². The number of hydrogen-bond donors (Lipinski definition) is 3. The maximum Gasteiger partial charge on any atom is 0.324 e. The van der Waals surface area contributed by atoms with Crippen LogP contribution in [-0.2, 0) is 16.6 Å². The van der Waals surface area contributed by atoms with Gasteiger partial charge in [-0.25, -0.2) is 4.79 Å². The third-order valence-corrected chi connectivity index (χ3v) is 4.31. The first kappa shape index (κ1) is 23.2. The molecule has 0 bridgehead atoms. The molecule has 1 fully saturated rings. The lowest BCUT2D eigenvalue weighted by Gasteiger charge is -2.19. The number of imide groups is 1. The minimum absolute atomic E-state index is 0. The fraction of sp³-hybridized carbons (Fsp3) is 0.526. The fourth-order valence-electron chi connectivity index (χ4n) is 2.68. The molecule has 0 radical (unpaired) electrons. The van der Waals surface area contributed by atoms with E-state index in [1.807, 2.05) is 0 Å². The highest BCUT2D eigenvalue weighted by Crippen LogP contribution is 2.22. The summed E-state index contributed by atoms with van der Waals surface area (Å²) in [6.07, 6.45) is 0.887. The number of carbonyl (C=O) groups is 2. The van der Waals surface area contributed by atoms with E-state index in [9.17, 15) is 9.59 Å². The van der Waals surface area contributed by atoms with Crippen molar-refractivity contribution in [2.24, 2.45) is 4.99 Å². The van der Waals surface area contributed by atoms with Crippen molar-refractivity contribution in [3.63, 3.8) is 0 Å². The van der Waals surface area contributed by atoms with Gasteiger partial charge < -0.3 is 16.0 Å². The minimum Gasteiger partial charge on any atom is -0.356 e. The summed E-state index contributed by atoms with van der Waals surface area (Å²) in [7, 11) is 1.70. The van der Waals surface area contributed by atoms with Crippen molar-refractivity contribution < 1.29 is 9.59 Å². The molecule has 0 saturated carbocycles. The van der Waals surface area contributed by atoms with Crippen LogP contribution in [0.1, 0.15) is 31.9 Å². The van der Waals surface area contributed by atoms with Gasteiger partial charge in [0.05, 0.1) is 6.54 Å². The van der Waals surface area contributed by atoms with Crippen LogP contribution in [0.25, 0.3) is 0 Å². The van der Waals surface area contributed by atoms with Gasteiger partial charge in [0.1, 0.15) is 0 Å². The van der Waals surface area contributed by atoms with Crippen molar-refractivity contribution >= 4 is 41.9 Å². The predicted molar refractivity (Wildman–Crippen MR) is 119 cm³/mol. The van der Waals surface area contributed by atoms with E-state index in [2.05, 4.69) is 66.0 Å². The number of aliphatic imine (C=N–C) groups is 1. The van der Waals surface area contributed by atoms with Crippen LogP contribution >= 0.6 is 24.0 Å². The van der Waals surface area contributed by atoms with E-state index in [1.165, 1.54) is 16.0 Å². The highest BCUT2D eigenvalue weighted by molar-refractivity contribution is 14.0. The van der Waals surface area contributed by atoms with Crippen LogP contribution in [0.3, 0.4) is 0 Å². The monoisotopic (exact) mass is 487 g/mol. The van der Waals surface area contributed by atoms with Crippen LogP contribution < -0.4 is 16.0 Å². The smallest absolute Gasteiger partial charge is 0.324 e. The number of guanidine groups is 1. The standard InChI is InChI=1S/C19H29N5O2.HI/c1-19(2,3)15-7-5-14(6-8-15)9-10-21-17(20-4)22-11-12-24-16(25)13-23-18(24)26;/h5-8H,9-13H2,1-4H3,(H,23,26)(H2,20,21,22);1H. The molecule has 3 amide bonds. The van der Waals surface area contributed by atoms with Crippen molar-refractivity contribution in [3.8, 4) is 0 Å². The van der Waals surface area contributed by atoms with Crippen LogP contribution in [0.15, 0.2) is 29.3 Å². The molecule has 1 aromatic carbocycles. The van der Waals surface area contributed by atoms with E-state index in [-0.39, 0.29) is 47.9 Å². The maximum absolute atomic E-state index is 11.5. The summed E-state index contributed by atoms with van der Waals surface area (Å²) in [6.45, 7) is 8.23. The van der Waals surface area contributed by atoms with Gasteiger partial charge in [0.25, 0.3) is 0 Å². The summed E-state index contributed by atoms with van der Waals surface area (Å²) < 4.78 is 0. The van der Waals surface area contributed by atoms with Gasteiger partial charge in [-0.1, -0.05) is 45.0 Å². The van der Waals surface area contributed by atoms with E-state index < -0.39 is 0 Å². The Morgan fingerprint density at radius 1 is 1.15 bits per heavy atom. The summed E-state index contributed by atoms with van der Waals surface area (Å²) in [5.74, 6) is 0.460. The summed E-state index contributed by atoms with van der Waals surface area (Å²) >= 11 is 0. The first-order valence-corrected chi connectivity index (χ1v) is 8.93. The number of carbonyl (C=O) groups excluding carboxylic acids is 2. The second-order valence-corrected chi connectivity index (χ2v) is 7.33. The number of hydrogen-bond acceptors (Lipinski definition) is 3. The molecule has 0 spiro atoms. The molecule has 7 nitrogen and oxygen atoms in total. The summed E-state index contributed by atoms with van der Waals surface area (Å²) in [5, 5.41) is 8.86. The van der Waals surface area contributed by atoms with E-state index in [4.69, 9.17) is 0 Å². The van der Waals surface area contributed by atoms with Crippen molar-refractivity contribution in [1.29, 1.82) is 0 Å². The number of benzene rings is 1. The van der Waals surface area contributed by atoms with Gasteiger partial charge in [-0.15, -0.1) is 24.0 Å². The highest BCUT2D eigenvalue weighted by atomic mass is 127. The molecule has 1 aromatic rings. The fourth-order valence-corrected chi connectivity index (χ4v) is 2.68.